The van der Waals surface area contributed by atoms with E-state index in [1.165, 1.54) is 18.2 Å². The van der Waals surface area contributed by atoms with E-state index >= 15 is 0 Å². The third-order valence-corrected chi connectivity index (χ3v) is 5.26. The number of sulfonamides is 1. The van der Waals surface area contributed by atoms with Crippen LogP contribution in [0.1, 0.15) is 6.92 Å². The van der Waals surface area contributed by atoms with Crippen molar-refractivity contribution in [1.29, 1.82) is 0 Å². The minimum Gasteiger partial charge on any atom is -0.497 e. The maximum absolute atomic E-state index is 12.2. The maximum Gasteiger partial charge on any atom is 0.270 e. The van der Waals surface area contributed by atoms with E-state index in [9.17, 15) is 23.3 Å². The Morgan fingerprint density at radius 3 is 2.41 bits per heavy atom. The molecule has 0 saturated carbocycles. The lowest BCUT2D eigenvalue weighted by atomic mass is 10.3. The molecule has 10 nitrogen and oxygen atoms in total. The van der Waals surface area contributed by atoms with Crippen LogP contribution in [0.5, 0.6) is 11.5 Å². The van der Waals surface area contributed by atoms with Crippen LogP contribution in [0, 0.1) is 10.1 Å². The number of nitrogens with one attached hydrogen (secondary N) is 2. The Bertz CT molecular complexity index is 962. The van der Waals surface area contributed by atoms with Gasteiger partial charge in [0.25, 0.3) is 11.6 Å². The lowest BCUT2D eigenvalue weighted by Gasteiger charge is -2.15. The van der Waals surface area contributed by atoms with Crippen molar-refractivity contribution < 1.29 is 27.6 Å². The van der Waals surface area contributed by atoms with Crippen LogP contribution in [-0.4, -0.2) is 45.6 Å². The fraction of sp³-hybridized carbons (Fsp3) is 0.278. The van der Waals surface area contributed by atoms with Crippen LogP contribution in [0.25, 0.3) is 0 Å². The van der Waals surface area contributed by atoms with Crippen LogP contribution in [0.15, 0.2) is 53.4 Å². The highest BCUT2D eigenvalue weighted by molar-refractivity contribution is 7.89. The summed E-state index contributed by atoms with van der Waals surface area (Å²) in [7, 11) is -2.40. The number of benzene rings is 2. The maximum atomic E-state index is 12.2. The molecule has 0 spiro atoms. The summed E-state index contributed by atoms with van der Waals surface area (Å²) in [6.45, 7) is 1.49. The number of non-ortho nitro benzene ring substituents is 1. The number of carbonyl (C=O) groups is 1. The topological polar surface area (TPSA) is 137 Å². The predicted molar refractivity (Wildman–Crippen MR) is 104 cm³/mol. The Labute approximate surface area is 168 Å². The molecule has 0 saturated heterocycles. The predicted octanol–water partition coefficient (Wildman–Crippen LogP) is 1.47. The molecule has 0 aliphatic rings. The van der Waals surface area contributed by atoms with Crippen LogP contribution >= 0.6 is 0 Å². The Hall–Kier alpha value is -3.18. The van der Waals surface area contributed by atoms with Crippen molar-refractivity contribution in [2.24, 2.45) is 0 Å². The molecule has 2 aromatic carbocycles. The van der Waals surface area contributed by atoms with Gasteiger partial charge < -0.3 is 14.8 Å². The van der Waals surface area contributed by atoms with Gasteiger partial charge in [-0.05, 0) is 37.3 Å². The first-order chi connectivity index (χ1) is 13.7. The molecule has 0 aliphatic heterocycles. The lowest BCUT2D eigenvalue weighted by molar-refractivity contribution is -0.385. The Balaban J connectivity index is 1.81. The molecule has 2 aromatic rings. The molecular weight excluding hydrogens is 402 g/mol. The monoisotopic (exact) mass is 423 g/mol. The van der Waals surface area contributed by atoms with Crippen molar-refractivity contribution in [3.8, 4) is 11.5 Å². The number of carbonyl (C=O) groups excluding carboxylic acids is 1. The Kier molecular flexibility index (Phi) is 7.51. The SMILES string of the molecule is COc1ccc(OC(C)C(=O)NCCNS(=O)(=O)c2cccc([N+](=O)[O-])c2)cc1. The molecule has 1 unspecified atom stereocenters. The molecular formula is C18H21N3O7S. The first-order valence-corrected chi connectivity index (χ1v) is 10.0. The molecule has 0 bridgehead atoms. The molecule has 0 radical (unpaired) electrons. The summed E-state index contributed by atoms with van der Waals surface area (Å²) < 4.78 is 37.2. The standard InChI is InChI=1S/C18H21N3O7S/c1-13(28-16-8-6-15(27-2)7-9-16)18(22)19-10-11-20-29(25,26)17-5-3-4-14(12-17)21(23)24/h3-9,12-13,20H,10-11H2,1-2H3,(H,19,22). The van der Waals surface area contributed by atoms with E-state index in [1.54, 1.807) is 38.3 Å². The number of nitro benzene ring substituents is 1. The summed E-state index contributed by atoms with van der Waals surface area (Å²) in [4.78, 5) is 21.9. The van der Waals surface area contributed by atoms with Crippen LogP contribution in [0.2, 0.25) is 0 Å². The van der Waals surface area contributed by atoms with Gasteiger partial charge in [0.15, 0.2) is 6.10 Å². The number of ether oxygens (including phenoxy) is 2. The molecule has 2 N–H and O–H groups in total. The average Bonchev–Trinajstić information content (AvgIpc) is 2.71. The van der Waals surface area contributed by atoms with Gasteiger partial charge in [0.2, 0.25) is 10.0 Å². The molecule has 0 aliphatic carbocycles. The molecule has 1 amide bonds. The molecule has 29 heavy (non-hydrogen) atoms. The highest BCUT2D eigenvalue weighted by Gasteiger charge is 2.18. The second kappa shape index (κ2) is 9.85. The number of hydrogen-bond donors (Lipinski definition) is 2. The largest absolute Gasteiger partial charge is 0.497 e. The van der Waals surface area contributed by atoms with Gasteiger partial charge in [-0.25, -0.2) is 13.1 Å². The Morgan fingerprint density at radius 2 is 1.79 bits per heavy atom. The number of rotatable bonds is 10. The number of nitrogens with zero attached hydrogens (tertiary/aromatic N) is 1. The zero-order valence-electron chi connectivity index (χ0n) is 15.8. The van der Waals surface area contributed by atoms with Crippen LogP contribution in [0.4, 0.5) is 5.69 Å². The highest BCUT2D eigenvalue weighted by atomic mass is 32.2. The molecule has 2 rings (SSSR count). The number of hydrogen-bond acceptors (Lipinski definition) is 7. The average molecular weight is 423 g/mol. The second-order valence-electron chi connectivity index (χ2n) is 5.88. The molecule has 0 heterocycles. The van der Waals surface area contributed by atoms with Crippen molar-refractivity contribution >= 4 is 21.6 Å². The highest BCUT2D eigenvalue weighted by Crippen LogP contribution is 2.18. The number of nitro groups is 1. The molecule has 0 fully saturated rings. The van der Waals surface area contributed by atoms with Crippen molar-refractivity contribution in [2.75, 3.05) is 20.2 Å². The zero-order chi connectivity index (χ0) is 21.4. The van der Waals surface area contributed by atoms with Gasteiger partial charge in [-0.1, -0.05) is 6.07 Å². The summed E-state index contributed by atoms with van der Waals surface area (Å²) in [5.74, 6) is 0.723. The van der Waals surface area contributed by atoms with Crippen LogP contribution in [-0.2, 0) is 14.8 Å². The lowest BCUT2D eigenvalue weighted by Crippen LogP contribution is -2.40. The molecule has 1 atom stereocenters. The number of methoxy groups -OCH3 is 1. The van der Waals surface area contributed by atoms with E-state index in [4.69, 9.17) is 9.47 Å². The van der Waals surface area contributed by atoms with Gasteiger partial charge >= 0.3 is 0 Å². The summed E-state index contributed by atoms with van der Waals surface area (Å²) in [6.07, 6.45) is -0.795. The van der Waals surface area contributed by atoms with Crippen molar-refractivity contribution in [1.82, 2.24) is 10.0 Å². The van der Waals surface area contributed by atoms with Gasteiger partial charge in [-0.2, -0.15) is 0 Å². The van der Waals surface area contributed by atoms with E-state index in [0.29, 0.717) is 11.5 Å². The fourth-order valence-corrected chi connectivity index (χ4v) is 3.35. The van der Waals surface area contributed by atoms with Crippen molar-refractivity contribution in [3.63, 3.8) is 0 Å². The van der Waals surface area contributed by atoms with E-state index in [2.05, 4.69) is 10.0 Å². The molecule has 0 aromatic heterocycles. The van der Waals surface area contributed by atoms with Crippen LogP contribution < -0.4 is 19.5 Å². The minimum atomic E-state index is -3.94. The quantitative estimate of drug-likeness (QED) is 0.335. The van der Waals surface area contributed by atoms with E-state index in [1.807, 2.05) is 0 Å². The third kappa shape index (κ3) is 6.43. The normalized spacial score (nSPS) is 12.1. The Morgan fingerprint density at radius 1 is 1.14 bits per heavy atom. The smallest absolute Gasteiger partial charge is 0.270 e. The summed E-state index contributed by atoms with van der Waals surface area (Å²) >= 11 is 0. The summed E-state index contributed by atoms with van der Waals surface area (Å²) in [6, 6.07) is 11.4. The molecule has 156 valence electrons. The first kappa shape index (κ1) is 22.1. The van der Waals surface area contributed by atoms with E-state index in [-0.39, 0.29) is 23.7 Å². The van der Waals surface area contributed by atoms with Crippen LogP contribution in [0.3, 0.4) is 0 Å². The van der Waals surface area contributed by atoms with Gasteiger partial charge in [0.05, 0.1) is 16.9 Å². The summed E-state index contributed by atoms with van der Waals surface area (Å²) in [5, 5.41) is 13.3. The van der Waals surface area contributed by atoms with Crippen molar-refractivity contribution in [3.05, 3.63) is 58.6 Å². The van der Waals surface area contributed by atoms with Gasteiger partial charge in [0, 0.05) is 25.2 Å². The van der Waals surface area contributed by atoms with Gasteiger partial charge in [-0.3, -0.25) is 14.9 Å². The van der Waals surface area contributed by atoms with E-state index in [0.717, 1.165) is 6.07 Å². The molecule has 11 heteroatoms. The van der Waals surface area contributed by atoms with Crippen molar-refractivity contribution in [2.45, 2.75) is 17.9 Å². The van der Waals surface area contributed by atoms with E-state index < -0.39 is 27.0 Å². The van der Waals surface area contributed by atoms with Gasteiger partial charge in [-0.15, -0.1) is 0 Å². The first-order valence-electron chi connectivity index (χ1n) is 8.55. The second-order valence-corrected chi connectivity index (χ2v) is 7.65. The van der Waals surface area contributed by atoms with Gasteiger partial charge in [0.1, 0.15) is 11.5 Å². The third-order valence-electron chi connectivity index (χ3n) is 3.80. The number of amides is 1. The fourth-order valence-electron chi connectivity index (χ4n) is 2.27. The zero-order valence-corrected chi connectivity index (χ0v) is 16.6. The summed E-state index contributed by atoms with van der Waals surface area (Å²) in [5.41, 5.74) is -0.328. The minimum absolute atomic E-state index is 0.0172.